The first-order chi connectivity index (χ1) is 19.0. The van der Waals surface area contributed by atoms with Gasteiger partial charge in [-0.25, -0.2) is 4.98 Å². The Morgan fingerprint density at radius 3 is 2.64 bits per heavy atom. The summed E-state index contributed by atoms with van der Waals surface area (Å²) in [6, 6.07) is 13.3. The van der Waals surface area contributed by atoms with E-state index in [1.807, 2.05) is 12.1 Å². The van der Waals surface area contributed by atoms with E-state index >= 15 is 0 Å². The quantitative estimate of drug-likeness (QED) is 0.159. The van der Waals surface area contributed by atoms with Gasteiger partial charge in [0.15, 0.2) is 22.4 Å². The van der Waals surface area contributed by atoms with Crippen LogP contribution in [-0.2, 0) is 4.79 Å². The van der Waals surface area contributed by atoms with Gasteiger partial charge in [0.05, 0.1) is 47.5 Å². The number of hydrogen-bond acceptors (Lipinski definition) is 9. The number of fused-ring (bicyclic) bond motifs is 1. The number of unbranched alkanes of at least 4 members (excludes halogenated alkanes) is 2. The van der Waals surface area contributed by atoms with Crippen molar-refractivity contribution < 1.29 is 28.9 Å². The molecule has 1 atom stereocenters. The molecule has 3 heterocycles. The SMILES string of the molecule is CCCCCOc1ccc(C2C(C(=O)c3cccs3)=C(O)C(=O)N2c2nc3ccc(OC)cc3s2)cc1OC. The monoisotopic (exact) mass is 564 g/mol. The van der Waals surface area contributed by atoms with E-state index in [1.54, 1.807) is 56.0 Å². The molecule has 8 nitrogen and oxygen atoms in total. The lowest BCUT2D eigenvalue weighted by Crippen LogP contribution is -2.31. The van der Waals surface area contributed by atoms with Crippen LogP contribution in [0, 0.1) is 0 Å². The number of amides is 1. The number of hydrogen-bond donors (Lipinski definition) is 1. The predicted molar refractivity (Wildman–Crippen MR) is 153 cm³/mol. The van der Waals surface area contributed by atoms with Crippen LogP contribution in [0.15, 0.2) is 65.2 Å². The average molecular weight is 565 g/mol. The maximum atomic E-state index is 13.6. The number of aliphatic hydroxyl groups is 1. The number of aromatic nitrogens is 1. The van der Waals surface area contributed by atoms with Crippen molar-refractivity contribution in [2.24, 2.45) is 0 Å². The third-order valence-electron chi connectivity index (χ3n) is 6.50. The first kappa shape index (κ1) is 26.7. The molecule has 39 heavy (non-hydrogen) atoms. The summed E-state index contributed by atoms with van der Waals surface area (Å²) >= 11 is 2.53. The number of aliphatic hydroxyl groups excluding tert-OH is 1. The maximum absolute atomic E-state index is 13.6. The van der Waals surface area contributed by atoms with E-state index in [9.17, 15) is 14.7 Å². The summed E-state index contributed by atoms with van der Waals surface area (Å²) in [5, 5.41) is 13.2. The Bertz CT molecular complexity index is 1540. The molecular formula is C29H28N2O6S2. The van der Waals surface area contributed by atoms with E-state index in [-0.39, 0.29) is 5.57 Å². The zero-order valence-corrected chi connectivity index (χ0v) is 23.4. The fraction of sp³-hybridized carbons (Fsp3) is 0.276. The first-order valence-corrected chi connectivity index (χ1v) is 14.3. The molecule has 0 aliphatic carbocycles. The largest absolute Gasteiger partial charge is 0.503 e. The third kappa shape index (κ3) is 5.09. The molecule has 1 unspecified atom stereocenters. The highest BCUT2D eigenvalue weighted by molar-refractivity contribution is 7.22. The van der Waals surface area contributed by atoms with Gasteiger partial charge in [0, 0.05) is 0 Å². The van der Waals surface area contributed by atoms with Crippen LogP contribution in [-0.4, -0.2) is 42.6 Å². The van der Waals surface area contributed by atoms with Crippen LogP contribution < -0.4 is 19.1 Å². The van der Waals surface area contributed by atoms with Gasteiger partial charge in [-0.2, -0.15) is 0 Å². The van der Waals surface area contributed by atoms with Crippen molar-refractivity contribution in [2.75, 3.05) is 25.7 Å². The lowest BCUT2D eigenvalue weighted by atomic mass is 9.95. The molecule has 0 saturated carbocycles. The van der Waals surface area contributed by atoms with E-state index in [1.165, 1.54) is 27.6 Å². The van der Waals surface area contributed by atoms with Crippen molar-refractivity contribution in [1.29, 1.82) is 0 Å². The standard InChI is InChI=1S/C29H28N2O6S2/c1-4-5-6-13-37-20-12-9-17(15-21(20)36-3)25-24(26(32)22-8-7-14-38-22)27(33)28(34)31(25)29-30-19-11-10-18(35-2)16-23(19)39-29/h7-12,14-16,25,33H,4-6,13H2,1-3H3. The van der Waals surface area contributed by atoms with Crippen LogP contribution in [0.3, 0.4) is 0 Å². The number of carbonyl (C=O) groups is 2. The topological polar surface area (TPSA) is 98.2 Å². The highest BCUT2D eigenvalue weighted by atomic mass is 32.1. The summed E-state index contributed by atoms with van der Waals surface area (Å²) in [5.74, 6) is 0.0130. The minimum Gasteiger partial charge on any atom is -0.503 e. The Hall–Kier alpha value is -3.89. The van der Waals surface area contributed by atoms with Gasteiger partial charge in [0.25, 0.3) is 5.91 Å². The van der Waals surface area contributed by atoms with Crippen LogP contribution in [0.1, 0.15) is 47.5 Å². The first-order valence-electron chi connectivity index (χ1n) is 12.6. The summed E-state index contributed by atoms with van der Waals surface area (Å²) in [6.45, 7) is 2.68. The molecule has 2 aromatic carbocycles. The molecule has 10 heteroatoms. The molecule has 202 valence electrons. The molecule has 0 spiro atoms. The van der Waals surface area contributed by atoms with Crippen molar-refractivity contribution in [3.8, 4) is 17.2 Å². The van der Waals surface area contributed by atoms with Gasteiger partial charge in [-0.3, -0.25) is 14.5 Å². The number of thiophene rings is 1. The Kier molecular flexibility index (Phi) is 7.85. The second-order valence-corrected chi connectivity index (χ2v) is 10.9. The van der Waals surface area contributed by atoms with Gasteiger partial charge in [0.1, 0.15) is 5.75 Å². The number of ether oxygens (including phenoxy) is 3. The second-order valence-electron chi connectivity index (χ2n) is 8.94. The number of benzene rings is 2. The predicted octanol–water partition coefficient (Wildman–Crippen LogP) is 6.73. The fourth-order valence-corrected chi connectivity index (χ4v) is 6.22. The van der Waals surface area contributed by atoms with Gasteiger partial charge < -0.3 is 19.3 Å². The number of rotatable bonds is 11. The highest BCUT2D eigenvalue weighted by Crippen LogP contribution is 2.46. The van der Waals surface area contributed by atoms with Crippen LogP contribution in [0.25, 0.3) is 10.2 Å². The molecule has 0 bridgehead atoms. The number of carbonyl (C=O) groups excluding carboxylic acids is 2. The lowest BCUT2D eigenvalue weighted by Gasteiger charge is -2.25. The molecule has 1 N–H and O–H groups in total. The molecule has 4 aromatic rings. The van der Waals surface area contributed by atoms with Crippen LogP contribution in [0.4, 0.5) is 5.13 Å². The molecule has 1 aliphatic rings. The Balaban J connectivity index is 1.60. The fourth-order valence-electron chi connectivity index (χ4n) is 4.52. The number of thiazole rings is 1. The van der Waals surface area contributed by atoms with E-state index in [0.29, 0.717) is 44.9 Å². The molecule has 0 radical (unpaired) electrons. The van der Waals surface area contributed by atoms with Crippen molar-refractivity contribution in [2.45, 2.75) is 32.2 Å². The molecular weight excluding hydrogens is 536 g/mol. The smallest absolute Gasteiger partial charge is 0.296 e. The van der Waals surface area contributed by atoms with E-state index in [4.69, 9.17) is 14.2 Å². The molecule has 5 rings (SSSR count). The third-order valence-corrected chi connectivity index (χ3v) is 8.38. The molecule has 1 amide bonds. The molecule has 1 aliphatic heterocycles. The van der Waals surface area contributed by atoms with Crippen LogP contribution in [0.5, 0.6) is 17.2 Å². The summed E-state index contributed by atoms with van der Waals surface area (Å²) < 4.78 is 17.7. The summed E-state index contributed by atoms with van der Waals surface area (Å²) in [4.78, 5) is 33.7. The summed E-state index contributed by atoms with van der Waals surface area (Å²) in [7, 11) is 3.12. The summed E-state index contributed by atoms with van der Waals surface area (Å²) in [5.41, 5.74) is 1.26. The van der Waals surface area contributed by atoms with Crippen molar-refractivity contribution in [3.63, 3.8) is 0 Å². The van der Waals surface area contributed by atoms with Gasteiger partial charge in [-0.1, -0.05) is 43.2 Å². The van der Waals surface area contributed by atoms with Gasteiger partial charge >= 0.3 is 0 Å². The van der Waals surface area contributed by atoms with E-state index < -0.39 is 23.5 Å². The number of Topliss-reactive ketones (excluding diaryl/α,β-unsaturated/α-hetero) is 1. The molecule has 2 aromatic heterocycles. The van der Waals surface area contributed by atoms with Crippen LogP contribution in [0.2, 0.25) is 0 Å². The normalized spacial score (nSPS) is 15.3. The van der Waals surface area contributed by atoms with Gasteiger partial charge in [0.2, 0.25) is 5.78 Å². The second kappa shape index (κ2) is 11.5. The number of nitrogens with zero attached hydrogens (tertiary/aromatic N) is 2. The summed E-state index contributed by atoms with van der Waals surface area (Å²) in [6.07, 6.45) is 3.07. The Morgan fingerprint density at radius 1 is 1.08 bits per heavy atom. The van der Waals surface area contributed by atoms with Crippen molar-refractivity contribution in [1.82, 2.24) is 4.98 Å². The Morgan fingerprint density at radius 2 is 1.92 bits per heavy atom. The lowest BCUT2D eigenvalue weighted by molar-refractivity contribution is -0.117. The average Bonchev–Trinajstić information content (AvgIpc) is 3.69. The zero-order valence-electron chi connectivity index (χ0n) is 21.8. The number of ketones is 1. The van der Waals surface area contributed by atoms with E-state index in [2.05, 4.69) is 11.9 Å². The van der Waals surface area contributed by atoms with Crippen LogP contribution >= 0.6 is 22.7 Å². The minimum atomic E-state index is -0.919. The molecule has 0 saturated heterocycles. The van der Waals surface area contributed by atoms with Crippen molar-refractivity contribution in [3.05, 3.63) is 75.7 Å². The number of methoxy groups -OCH3 is 2. The van der Waals surface area contributed by atoms with Crippen molar-refractivity contribution >= 4 is 49.7 Å². The highest BCUT2D eigenvalue weighted by Gasteiger charge is 2.46. The zero-order chi connectivity index (χ0) is 27.5. The molecule has 0 fully saturated rings. The number of anilines is 1. The Labute approximate surface area is 234 Å². The minimum absolute atomic E-state index is 0.00189. The van der Waals surface area contributed by atoms with E-state index in [0.717, 1.165) is 24.0 Å². The maximum Gasteiger partial charge on any atom is 0.296 e. The van der Waals surface area contributed by atoms with Gasteiger partial charge in [-0.15, -0.1) is 11.3 Å². The van der Waals surface area contributed by atoms with Gasteiger partial charge in [-0.05, 0) is 53.8 Å².